The van der Waals surface area contributed by atoms with Crippen LogP contribution in [-0.2, 0) is 0 Å². The van der Waals surface area contributed by atoms with Crippen molar-refractivity contribution in [3.05, 3.63) is 64.6 Å². The van der Waals surface area contributed by atoms with Crippen molar-refractivity contribution >= 4 is 39.9 Å². The van der Waals surface area contributed by atoms with E-state index in [0.29, 0.717) is 5.84 Å². The summed E-state index contributed by atoms with van der Waals surface area (Å²) >= 11 is 3.43. The van der Waals surface area contributed by atoms with Crippen LogP contribution in [0.5, 0.6) is 0 Å². The van der Waals surface area contributed by atoms with Crippen molar-refractivity contribution in [3.63, 3.8) is 0 Å². The van der Waals surface area contributed by atoms with Crippen LogP contribution in [0.1, 0.15) is 5.56 Å². The molecule has 0 spiro atoms. The second-order valence-electron chi connectivity index (χ2n) is 3.45. The van der Waals surface area contributed by atoms with E-state index in [4.69, 9.17) is 5.73 Å². The van der Waals surface area contributed by atoms with Crippen LogP contribution in [0.4, 0.5) is 5.69 Å². The highest BCUT2D eigenvalue weighted by Gasteiger charge is 1.98. The van der Waals surface area contributed by atoms with E-state index in [1.54, 1.807) is 0 Å². The van der Waals surface area contributed by atoms with Gasteiger partial charge in [-0.15, -0.1) is 12.4 Å². The predicted octanol–water partition coefficient (Wildman–Crippen LogP) is 3.60. The second-order valence-corrected chi connectivity index (χ2v) is 4.31. The number of rotatable bonds is 3. The Labute approximate surface area is 121 Å². The summed E-state index contributed by atoms with van der Waals surface area (Å²) in [6, 6.07) is 17.4. The maximum Gasteiger partial charge on any atom is 0.150 e. The highest BCUT2D eigenvalue weighted by Crippen LogP contribution is 2.21. The van der Waals surface area contributed by atoms with Crippen molar-refractivity contribution in [1.29, 1.82) is 0 Å². The van der Waals surface area contributed by atoms with Crippen LogP contribution >= 0.6 is 28.3 Å². The Morgan fingerprint density at radius 1 is 1.00 bits per heavy atom. The maximum absolute atomic E-state index is 5.87. The zero-order chi connectivity index (χ0) is 12.1. The van der Waals surface area contributed by atoms with E-state index in [1.165, 1.54) is 0 Å². The third-order valence-electron chi connectivity index (χ3n) is 2.24. The Hall–Kier alpha value is -1.52. The van der Waals surface area contributed by atoms with Crippen LogP contribution in [0.25, 0.3) is 0 Å². The van der Waals surface area contributed by atoms with Gasteiger partial charge in [0.2, 0.25) is 0 Å². The van der Waals surface area contributed by atoms with Gasteiger partial charge in [0.15, 0.2) is 5.84 Å². The van der Waals surface area contributed by atoms with Crippen LogP contribution in [0, 0.1) is 0 Å². The standard InChI is InChI=1S/C13H12BrN3.ClH/c14-11-8-4-5-9-12(11)16-17-13(15)10-6-2-1-3-7-10;/h1-9,16H,(H2,15,17);1H. The van der Waals surface area contributed by atoms with E-state index < -0.39 is 0 Å². The van der Waals surface area contributed by atoms with Crippen LogP contribution in [-0.4, -0.2) is 5.84 Å². The Kier molecular flexibility index (Phi) is 5.68. The van der Waals surface area contributed by atoms with Crippen molar-refractivity contribution in [2.45, 2.75) is 0 Å². The molecule has 94 valence electrons. The summed E-state index contributed by atoms with van der Waals surface area (Å²) < 4.78 is 0.949. The third-order valence-corrected chi connectivity index (χ3v) is 2.93. The predicted molar refractivity (Wildman–Crippen MR) is 82.2 cm³/mol. The first-order valence-electron chi connectivity index (χ1n) is 5.16. The number of amidine groups is 1. The van der Waals surface area contributed by atoms with E-state index in [0.717, 1.165) is 15.7 Å². The minimum Gasteiger partial charge on any atom is -0.382 e. The fourth-order valence-corrected chi connectivity index (χ4v) is 1.72. The molecule has 0 radical (unpaired) electrons. The van der Waals surface area contributed by atoms with Crippen molar-refractivity contribution in [1.82, 2.24) is 0 Å². The normalized spacial score (nSPS) is 10.6. The van der Waals surface area contributed by atoms with E-state index >= 15 is 0 Å². The highest BCUT2D eigenvalue weighted by atomic mass is 79.9. The average molecular weight is 327 g/mol. The first kappa shape index (κ1) is 14.5. The molecular formula is C13H13BrClN3. The van der Waals surface area contributed by atoms with Crippen molar-refractivity contribution in [2.24, 2.45) is 10.8 Å². The number of hydrogen-bond acceptors (Lipinski definition) is 2. The van der Waals surface area contributed by atoms with Crippen LogP contribution in [0.2, 0.25) is 0 Å². The molecule has 0 atom stereocenters. The van der Waals surface area contributed by atoms with Gasteiger partial charge in [-0.25, -0.2) is 0 Å². The molecule has 18 heavy (non-hydrogen) atoms. The van der Waals surface area contributed by atoms with Gasteiger partial charge in [-0.05, 0) is 28.1 Å². The second kappa shape index (κ2) is 7.03. The molecule has 3 N–H and O–H groups in total. The molecule has 2 aromatic rings. The van der Waals surface area contributed by atoms with Gasteiger partial charge < -0.3 is 5.73 Å². The van der Waals surface area contributed by atoms with Gasteiger partial charge in [-0.3, -0.25) is 5.43 Å². The number of benzene rings is 2. The molecule has 0 fully saturated rings. The highest BCUT2D eigenvalue weighted by molar-refractivity contribution is 9.10. The van der Waals surface area contributed by atoms with Gasteiger partial charge in [0.25, 0.3) is 0 Å². The third kappa shape index (κ3) is 3.75. The lowest BCUT2D eigenvalue weighted by Crippen LogP contribution is -2.15. The van der Waals surface area contributed by atoms with E-state index in [1.807, 2.05) is 54.6 Å². The fraction of sp³-hybridized carbons (Fsp3) is 0. The molecule has 0 bridgehead atoms. The summed E-state index contributed by atoms with van der Waals surface area (Å²) in [6.07, 6.45) is 0. The molecule has 0 amide bonds. The number of para-hydroxylation sites is 1. The lowest BCUT2D eigenvalue weighted by Gasteiger charge is -2.04. The molecule has 0 aliphatic carbocycles. The summed E-state index contributed by atoms with van der Waals surface area (Å²) in [6.45, 7) is 0. The zero-order valence-corrected chi connectivity index (χ0v) is 11.9. The van der Waals surface area contributed by atoms with Gasteiger partial charge in [-0.2, -0.15) is 5.10 Å². The van der Waals surface area contributed by atoms with Gasteiger partial charge in [0.05, 0.1) is 5.69 Å². The number of hydrazone groups is 1. The molecule has 5 heteroatoms. The minimum absolute atomic E-state index is 0. The monoisotopic (exact) mass is 325 g/mol. The SMILES string of the molecule is Cl.N/C(=N\Nc1ccccc1Br)c1ccccc1. The molecule has 3 nitrogen and oxygen atoms in total. The molecular weight excluding hydrogens is 314 g/mol. The Morgan fingerprint density at radius 2 is 1.61 bits per heavy atom. The van der Waals surface area contributed by atoms with Gasteiger partial charge in [0, 0.05) is 10.0 Å². The number of halogens is 2. The topological polar surface area (TPSA) is 50.4 Å². The van der Waals surface area contributed by atoms with Gasteiger partial charge in [-0.1, -0.05) is 42.5 Å². The summed E-state index contributed by atoms with van der Waals surface area (Å²) in [4.78, 5) is 0. The van der Waals surface area contributed by atoms with Crippen molar-refractivity contribution in [2.75, 3.05) is 5.43 Å². The van der Waals surface area contributed by atoms with E-state index in [-0.39, 0.29) is 12.4 Å². The zero-order valence-electron chi connectivity index (χ0n) is 9.51. The Balaban J connectivity index is 0.00000162. The quantitative estimate of drug-likeness (QED) is 0.514. The van der Waals surface area contributed by atoms with Gasteiger partial charge in [0.1, 0.15) is 0 Å². The average Bonchev–Trinajstić information content (AvgIpc) is 2.38. The molecule has 0 unspecified atom stereocenters. The Bertz CT molecular complexity index is 529. The summed E-state index contributed by atoms with van der Waals surface area (Å²) in [5.41, 5.74) is 10.6. The van der Waals surface area contributed by atoms with E-state index in [2.05, 4.69) is 26.5 Å². The van der Waals surface area contributed by atoms with Crippen LogP contribution < -0.4 is 11.2 Å². The number of anilines is 1. The summed E-state index contributed by atoms with van der Waals surface area (Å²) in [7, 11) is 0. The first-order valence-corrected chi connectivity index (χ1v) is 5.96. The number of nitrogens with one attached hydrogen (secondary N) is 1. The molecule has 0 saturated heterocycles. The smallest absolute Gasteiger partial charge is 0.150 e. The molecule has 0 aliphatic rings. The molecule has 2 aromatic carbocycles. The largest absolute Gasteiger partial charge is 0.382 e. The molecule has 0 aromatic heterocycles. The minimum atomic E-state index is 0. The lowest BCUT2D eigenvalue weighted by molar-refractivity contribution is 1.30. The van der Waals surface area contributed by atoms with Crippen molar-refractivity contribution in [3.8, 4) is 0 Å². The van der Waals surface area contributed by atoms with Crippen LogP contribution in [0.15, 0.2) is 64.2 Å². The molecule has 0 saturated carbocycles. The van der Waals surface area contributed by atoms with Gasteiger partial charge >= 0.3 is 0 Å². The summed E-state index contributed by atoms with van der Waals surface area (Å²) in [5, 5.41) is 4.14. The van der Waals surface area contributed by atoms with Crippen molar-refractivity contribution < 1.29 is 0 Å². The summed E-state index contributed by atoms with van der Waals surface area (Å²) in [5.74, 6) is 0.460. The number of hydrogen-bond donors (Lipinski definition) is 2. The lowest BCUT2D eigenvalue weighted by atomic mass is 10.2. The Morgan fingerprint density at radius 3 is 2.28 bits per heavy atom. The number of nitrogens with zero attached hydrogens (tertiary/aromatic N) is 1. The van der Waals surface area contributed by atoms with E-state index in [9.17, 15) is 0 Å². The molecule has 0 aliphatic heterocycles. The first-order chi connectivity index (χ1) is 8.27. The fourth-order valence-electron chi connectivity index (χ4n) is 1.35. The number of nitrogens with two attached hydrogens (primary N) is 1. The molecule has 2 rings (SSSR count). The molecule has 0 heterocycles. The maximum atomic E-state index is 5.87. The van der Waals surface area contributed by atoms with Crippen LogP contribution in [0.3, 0.4) is 0 Å².